The van der Waals surface area contributed by atoms with Crippen molar-refractivity contribution in [3.63, 3.8) is 0 Å². The average molecular weight is 498 g/mol. The van der Waals surface area contributed by atoms with Crippen LogP contribution in [0.1, 0.15) is 36.8 Å². The molecule has 1 aliphatic carbocycles. The van der Waals surface area contributed by atoms with E-state index < -0.39 is 5.54 Å². The van der Waals surface area contributed by atoms with E-state index in [0.29, 0.717) is 29.7 Å². The lowest BCUT2D eigenvalue weighted by atomic mass is 9.73. The number of hydrogen-bond acceptors (Lipinski definition) is 5. The molecule has 0 unspecified atom stereocenters. The number of carbonyl (C=O) groups is 2. The molecule has 2 aliphatic heterocycles. The molecule has 35 heavy (non-hydrogen) atoms. The maximum absolute atomic E-state index is 13.8. The number of carbonyl (C=O) groups excluding carboxylic acids is 2. The first-order chi connectivity index (χ1) is 16.9. The van der Waals surface area contributed by atoms with Crippen molar-refractivity contribution >= 4 is 23.5 Å². The third-order valence-corrected chi connectivity index (χ3v) is 8.07. The number of halogens is 1. The second kappa shape index (κ2) is 9.70. The summed E-state index contributed by atoms with van der Waals surface area (Å²) in [4.78, 5) is 30.6. The molecule has 2 heterocycles. The van der Waals surface area contributed by atoms with Crippen molar-refractivity contribution < 1.29 is 19.4 Å². The van der Waals surface area contributed by atoms with E-state index >= 15 is 0 Å². The number of imide groups is 1. The van der Waals surface area contributed by atoms with Gasteiger partial charge in [-0.1, -0.05) is 35.9 Å². The Morgan fingerprint density at radius 3 is 2.54 bits per heavy atom. The number of amides is 3. The fourth-order valence-corrected chi connectivity index (χ4v) is 5.72. The van der Waals surface area contributed by atoms with Gasteiger partial charge in [0.15, 0.2) is 11.5 Å². The normalized spacial score (nSPS) is 23.5. The zero-order valence-corrected chi connectivity index (χ0v) is 20.8. The quantitative estimate of drug-likeness (QED) is 0.534. The number of benzene rings is 2. The number of rotatable bonds is 8. The fraction of sp³-hybridized carbons (Fsp3) is 0.481. The largest absolute Gasteiger partial charge is 0.504 e. The van der Waals surface area contributed by atoms with Crippen molar-refractivity contribution in [1.29, 1.82) is 0 Å². The number of likely N-dealkylation sites (tertiary alicyclic amines) is 1. The number of aromatic hydroxyl groups is 1. The van der Waals surface area contributed by atoms with E-state index in [1.54, 1.807) is 13.2 Å². The van der Waals surface area contributed by atoms with Crippen LogP contribution in [0.4, 0.5) is 4.79 Å². The van der Waals surface area contributed by atoms with Gasteiger partial charge >= 0.3 is 6.03 Å². The standard InChI is InChI=1S/C27H32ClN3O4/c1-35-24-14-19(8-9-23(24)32)16-30-12-10-21(11-13-30)27(15-20-4-2-3-5-22(20)28)25(33)31(26(34)29-27)17-18-6-7-18/h2-5,8-9,14,18,21,32H,6-7,10-13,15-17H2,1H3,(H,29,34)/t27-/m0/s1. The lowest BCUT2D eigenvalue weighted by Crippen LogP contribution is -2.57. The Morgan fingerprint density at radius 2 is 1.86 bits per heavy atom. The molecule has 7 nitrogen and oxygen atoms in total. The Kier molecular flexibility index (Phi) is 6.64. The fourth-order valence-electron chi connectivity index (χ4n) is 5.51. The van der Waals surface area contributed by atoms with Crippen LogP contribution in [0, 0.1) is 11.8 Å². The highest BCUT2D eigenvalue weighted by Gasteiger charge is 2.56. The van der Waals surface area contributed by atoms with Gasteiger partial charge in [0.05, 0.1) is 7.11 Å². The number of phenols is 1. The van der Waals surface area contributed by atoms with Crippen LogP contribution in [0.15, 0.2) is 42.5 Å². The number of nitrogens with zero attached hydrogens (tertiary/aromatic N) is 2. The third-order valence-electron chi connectivity index (χ3n) is 7.70. The molecule has 2 N–H and O–H groups in total. The van der Waals surface area contributed by atoms with Crippen LogP contribution in [-0.2, 0) is 17.8 Å². The van der Waals surface area contributed by atoms with Crippen molar-refractivity contribution in [2.24, 2.45) is 11.8 Å². The first-order valence-corrected chi connectivity index (χ1v) is 12.7. The van der Waals surface area contributed by atoms with Gasteiger partial charge in [0.1, 0.15) is 5.54 Å². The number of methoxy groups -OCH3 is 1. The number of phenolic OH excluding ortho intramolecular Hbond substituents is 1. The van der Waals surface area contributed by atoms with Crippen LogP contribution in [0.25, 0.3) is 0 Å². The molecule has 2 aromatic carbocycles. The van der Waals surface area contributed by atoms with Gasteiger partial charge in [-0.25, -0.2) is 4.79 Å². The summed E-state index contributed by atoms with van der Waals surface area (Å²) in [6.45, 7) is 2.86. The van der Waals surface area contributed by atoms with Gasteiger partial charge in [-0.3, -0.25) is 14.6 Å². The topological polar surface area (TPSA) is 82.1 Å². The monoisotopic (exact) mass is 497 g/mol. The molecular formula is C27H32ClN3O4. The Morgan fingerprint density at radius 1 is 1.11 bits per heavy atom. The van der Waals surface area contributed by atoms with E-state index in [2.05, 4.69) is 10.2 Å². The lowest BCUT2D eigenvalue weighted by molar-refractivity contribution is -0.134. The summed E-state index contributed by atoms with van der Waals surface area (Å²) in [6.07, 6.45) is 4.15. The predicted molar refractivity (Wildman–Crippen MR) is 134 cm³/mol. The molecule has 3 aliphatic rings. The summed E-state index contributed by atoms with van der Waals surface area (Å²) in [5.41, 5.74) is 0.976. The SMILES string of the molecule is COc1cc(CN2CCC([C@]3(Cc4ccccc4Cl)NC(=O)N(CC4CC4)C3=O)CC2)ccc1O. The maximum Gasteiger partial charge on any atom is 0.325 e. The number of ether oxygens (including phenoxy) is 1. The maximum atomic E-state index is 13.8. The van der Waals surface area contributed by atoms with Crippen LogP contribution in [0.2, 0.25) is 5.02 Å². The molecule has 0 radical (unpaired) electrons. The van der Waals surface area contributed by atoms with Gasteiger partial charge in [0, 0.05) is 24.5 Å². The Bertz CT molecular complexity index is 1110. The van der Waals surface area contributed by atoms with Crippen molar-refractivity contribution in [1.82, 2.24) is 15.1 Å². The molecule has 2 aromatic rings. The van der Waals surface area contributed by atoms with Gasteiger partial charge in [0.2, 0.25) is 0 Å². The van der Waals surface area contributed by atoms with Crippen LogP contribution >= 0.6 is 11.6 Å². The summed E-state index contributed by atoms with van der Waals surface area (Å²) < 4.78 is 5.24. The Balaban J connectivity index is 1.34. The highest BCUT2D eigenvalue weighted by molar-refractivity contribution is 6.31. The third kappa shape index (κ3) is 4.84. The molecule has 8 heteroatoms. The average Bonchev–Trinajstić information content (AvgIpc) is 3.65. The van der Waals surface area contributed by atoms with Crippen molar-refractivity contribution in [2.75, 3.05) is 26.7 Å². The summed E-state index contributed by atoms with van der Waals surface area (Å²) >= 11 is 6.49. The van der Waals surface area contributed by atoms with Crippen LogP contribution < -0.4 is 10.1 Å². The molecule has 3 fully saturated rings. The number of urea groups is 1. The minimum absolute atomic E-state index is 0.0185. The van der Waals surface area contributed by atoms with E-state index in [1.807, 2.05) is 36.4 Å². The molecule has 1 saturated carbocycles. The van der Waals surface area contributed by atoms with Crippen molar-refractivity contribution in [2.45, 2.75) is 44.2 Å². The van der Waals surface area contributed by atoms with Gasteiger partial charge in [-0.15, -0.1) is 0 Å². The highest BCUT2D eigenvalue weighted by atomic mass is 35.5. The first-order valence-electron chi connectivity index (χ1n) is 12.4. The predicted octanol–water partition coefficient (Wildman–Crippen LogP) is 4.21. The molecule has 3 amide bonds. The smallest absolute Gasteiger partial charge is 0.325 e. The molecule has 186 valence electrons. The highest BCUT2D eigenvalue weighted by Crippen LogP contribution is 2.40. The number of hydrogen-bond donors (Lipinski definition) is 2. The summed E-state index contributed by atoms with van der Waals surface area (Å²) in [5, 5.41) is 13.6. The molecular weight excluding hydrogens is 466 g/mol. The second-order valence-corrected chi connectivity index (χ2v) is 10.5. The zero-order valence-electron chi connectivity index (χ0n) is 20.0. The van der Waals surface area contributed by atoms with Gasteiger partial charge in [0.25, 0.3) is 5.91 Å². The Labute approximate surface area is 211 Å². The molecule has 0 spiro atoms. The van der Waals surface area contributed by atoms with E-state index in [-0.39, 0.29) is 23.6 Å². The Hall–Kier alpha value is -2.77. The number of nitrogens with one attached hydrogen (secondary N) is 1. The van der Waals surface area contributed by atoms with Crippen LogP contribution in [-0.4, -0.2) is 59.1 Å². The summed E-state index contributed by atoms with van der Waals surface area (Å²) in [5.74, 6) is 0.944. The van der Waals surface area contributed by atoms with Crippen molar-refractivity contribution in [3.05, 3.63) is 58.6 Å². The minimum atomic E-state index is -0.967. The van der Waals surface area contributed by atoms with Gasteiger partial charge < -0.3 is 15.2 Å². The lowest BCUT2D eigenvalue weighted by Gasteiger charge is -2.41. The first kappa shape index (κ1) is 23.9. The summed E-state index contributed by atoms with van der Waals surface area (Å²) in [7, 11) is 1.54. The molecule has 0 aromatic heterocycles. The number of piperidine rings is 1. The molecule has 0 bridgehead atoms. The van der Waals surface area contributed by atoms with Crippen LogP contribution in [0.3, 0.4) is 0 Å². The van der Waals surface area contributed by atoms with E-state index in [1.165, 1.54) is 4.90 Å². The molecule has 1 atom stereocenters. The van der Waals surface area contributed by atoms with Crippen LogP contribution in [0.5, 0.6) is 11.5 Å². The van der Waals surface area contributed by atoms with Gasteiger partial charge in [-0.2, -0.15) is 0 Å². The zero-order chi connectivity index (χ0) is 24.6. The van der Waals surface area contributed by atoms with E-state index in [4.69, 9.17) is 16.3 Å². The summed E-state index contributed by atoms with van der Waals surface area (Å²) in [6, 6.07) is 12.7. The van der Waals surface area contributed by atoms with Crippen molar-refractivity contribution in [3.8, 4) is 11.5 Å². The minimum Gasteiger partial charge on any atom is -0.504 e. The molecule has 5 rings (SSSR count). The van der Waals surface area contributed by atoms with E-state index in [9.17, 15) is 14.7 Å². The second-order valence-electron chi connectivity index (χ2n) is 10.1. The molecule has 2 saturated heterocycles. The van der Waals surface area contributed by atoms with Gasteiger partial charge in [-0.05, 0) is 79.9 Å². The van der Waals surface area contributed by atoms with E-state index in [0.717, 1.165) is 56.4 Å².